The van der Waals surface area contributed by atoms with Crippen molar-refractivity contribution in [3.05, 3.63) is 98.7 Å². The molecule has 5 rings (SSSR count). The van der Waals surface area contributed by atoms with E-state index in [1.165, 1.54) is 6.07 Å². The van der Waals surface area contributed by atoms with E-state index >= 15 is 0 Å². The second-order valence-electron chi connectivity index (χ2n) is 6.84. The fourth-order valence-corrected chi connectivity index (χ4v) is 4.26. The molecule has 2 heterocycles. The van der Waals surface area contributed by atoms with Crippen LogP contribution in [0.5, 0.6) is 5.75 Å². The molecule has 2 unspecified atom stereocenters. The molecule has 0 bridgehead atoms. The van der Waals surface area contributed by atoms with E-state index in [1.54, 1.807) is 12.1 Å². The SMILES string of the molecule is Fc1ccc(C2Oc3ccccc3C3CC(c4ccc(Cl)cc4)=NN32)cc1Br. The summed E-state index contributed by atoms with van der Waals surface area (Å²) in [6.07, 6.45) is 0.336. The highest BCUT2D eigenvalue weighted by molar-refractivity contribution is 9.10. The molecule has 2 atom stereocenters. The third kappa shape index (κ3) is 2.99. The number of rotatable bonds is 2. The van der Waals surface area contributed by atoms with E-state index in [2.05, 4.69) is 22.0 Å². The van der Waals surface area contributed by atoms with Crippen LogP contribution >= 0.6 is 27.5 Å². The molecule has 0 amide bonds. The fraction of sp³-hybridized carbons (Fsp3) is 0.136. The van der Waals surface area contributed by atoms with E-state index in [4.69, 9.17) is 21.4 Å². The molecular weight excluding hydrogens is 443 g/mol. The highest BCUT2D eigenvalue weighted by Crippen LogP contribution is 2.47. The number of ether oxygens (including phenoxy) is 1. The predicted molar refractivity (Wildman–Crippen MR) is 111 cm³/mol. The predicted octanol–water partition coefficient (Wildman–Crippen LogP) is 6.48. The maximum Gasteiger partial charge on any atom is 0.213 e. The summed E-state index contributed by atoms with van der Waals surface area (Å²) in [5, 5.41) is 7.57. The first-order valence-corrected chi connectivity index (χ1v) is 10.1. The number of fused-ring (bicyclic) bond motifs is 3. The molecule has 0 saturated carbocycles. The summed E-state index contributed by atoms with van der Waals surface area (Å²) in [5.74, 6) is 0.532. The number of hydrogen-bond donors (Lipinski definition) is 0. The average Bonchev–Trinajstić information content (AvgIpc) is 3.16. The molecular formula is C22H15BrClFN2O. The summed E-state index contributed by atoms with van der Waals surface area (Å²) < 4.78 is 20.4. The van der Waals surface area contributed by atoms with Gasteiger partial charge in [0.2, 0.25) is 6.23 Å². The van der Waals surface area contributed by atoms with Gasteiger partial charge in [0.25, 0.3) is 0 Å². The van der Waals surface area contributed by atoms with Gasteiger partial charge in [-0.1, -0.05) is 48.0 Å². The summed E-state index contributed by atoms with van der Waals surface area (Å²) in [7, 11) is 0. The minimum absolute atomic E-state index is 0.0597. The quantitative estimate of drug-likeness (QED) is 0.440. The van der Waals surface area contributed by atoms with Crippen LogP contribution in [-0.4, -0.2) is 10.7 Å². The third-order valence-corrected chi connectivity index (χ3v) is 5.97. The largest absolute Gasteiger partial charge is 0.464 e. The lowest BCUT2D eigenvalue weighted by atomic mass is 9.96. The molecule has 0 saturated heterocycles. The van der Waals surface area contributed by atoms with Gasteiger partial charge >= 0.3 is 0 Å². The van der Waals surface area contributed by atoms with Crippen molar-refractivity contribution in [3.8, 4) is 5.75 Å². The number of halogens is 3. The maximum absolute atomic E-state index is 13.7. The first-order valence-electron chi connectivity index (χ1n) is 8.92. The van der Waals surface area contributed by atoms with Crippen LogP contribution in [0.15, 0.2) is 76.3 Å². The highest BCUT2D eigenvalue weighted by atomic mass is 79.9. The normalized spacial score (nSPS) is 20.2. The Bertz CT molecular complexity index is 1090. The van der Waals surface area contributed by atoms with E-state index in [0.717, 1.165) is 34.6 Å². The van der Waals surface area contributed by atoms with Gasteiger partial charge in [-0.3, -0.25) is 0 Å². The lowest BCUT2D eigenvalue weighted by Crippen LogP contribution is -2.33. The summed E-state index contributed by atoms with van der Waals surface area (Å²) in [4.78, 5) is 0. The molecule has 2 aliphatic rings. The van der Waals surface area contributed by atoms with E-state index in [9.17, 15) is 4.39 Å². The topological polar surface area (TPSA) is 24.8 Å². The van der Waals surface area contributed by atoms with Gasteiger partial charge in [0, 0.05) is 22.6 Å². The summed E-state index contributed by atoms with van der Waals surface area (Å²) in [5.41, 5.74) is 3.96. The van der Waals surface area contributed by atoms with Gasteiger partial charge in [-0.15, -0.1) is 0 Å². The number of hydrogen-bond acceptors (Lipinski definition) is 3. The molecule has 3 aromatic rings. The summed E-state index contributed by atoms with van der Waals surface area (Å²) in [6, 6.07) is 20.7. The zero-order valence-electron chi connectivity index (χ0n) is 14.6. The number of nitrogens with zero attached hydrogens (tertiary/aromatic N) is 2. The van der Waals surface area contributed by atoms with Gasteiger partial charge in [-0.2, -0.15) is 5.10 Å². The van der Waals surface area contributed by atoms with Crippen molar-refractivity contribution in [2.24, 2.45) is 5.10 Å². The Hall–Kier alpha value is -2.37. The van der Waals surface area contributed by atoms with Crippen LogP contribution in [0, 0.1) is 5.82 Å². The Morgan fingerprint density at radius 1 is 1.07 bits per heavy atom. The van der Waals surface area contributed by atoms with Crippen LogP contribution in [0.25, 0.3) is 0 Å². The van der Waals surface area contributed by atoms with E-state index in [1.807, 2.05) is 47.5 Å². The Kier molecular flexibility index (Phi) is 4.37. The average molecular weight is 458 g/mol. The van der Waals surface area contributed by atoms with Crippen molar-refractivity contribution in [1.29, 1.82) is 0 Å². The van der Waals surface area contributed by atoms with E-state index in [-0.39, 0.29) is 11.9 Å². The second kappa shape index (κ2) is 6.90. The maximum atomic E-state index is 13.7. The minimum Gasteiger partial charge on any atom is -0.464 e. The molecule has 0 aliphatic carbocycles. The fourth-order valence-electron chi connectivity index (χ4n) is 3.74. The van der Waals surface area contributed by atoms with Crippen molar-refractivity contribution < 1.29 is 9.13 Å². The van der Waals surface area contributed by atoms with Crippen LogP contribution in [0.1, 0.15) is 35.4 Å². The third-order valence-electron chi connectivity index (χ3n) is 5.11. The molecule has 6 heteroatoms. The van der Waals surface area contributed by atoms with Crippen LogP contribution in [0.2, 0.25) is 5.02 Å². The van der Waals surface area contributed by atoms with Crippen molar-refractivity contribution in [1.82, 2.24) is 5.01 Å². The van der Waals surface area contributed by atoms with Crippen LogP contribution in [-0.2, 0) is 0 Å². The lowest BCUT2D eigenvalue weighted by Gasteiger charge is -2.38. The molecule has 140 valence electrons. The second-order valence-corrected chi connectivity index (χ2v) is 8.13. The number of hydrazone groups is 1. The zero-order chi connectivity index (χ0) is 19.3. The smallest absolute Gasteiger partial charge is 0.213 e. The van der Waals surface area contributed by atoms with Gasteiger partial charge < -0.3 is 4.74 Å². The first-order chi connectivity index (χ1) is 13.6. The van der Waals surface area contributed by atoms with Gasteiger partial charge in [0.15, 0.2) is 0 Å². The van der Waals surface area contributed by atoms with E-state index in [0.29, 0.717) is 9.50 Å². The van der Waals surface area contributed by atoms with Gasteiger partial charge in [-0.25, -0.2) is 9.40 Å². The van der Waals surface area contributed by atoms with Crippen molar-refractivity contribution in [2.45, 2.75) is 18.7 Å². The van der Waals surface area contributed by atoms with Gasteiger partial charge in [-0.05, 0) is 51.8 Å². The standard InChI is InChI=1S/C22H15BrClFN2O/c23-17-11-14(7-10-18(17)25)22-27-20(16-3-1-2-4-21(16)28-22)12-19(26-27)13-5-8-15(24)9-6-13/h1-11,20,22H,12H2. The summed E-state index contributed by atoms with van der Waals surface area (Å²) >= 11 is 9.31. The van der Waals surface area contributed by atoms with Gasteiger partial charge in [0.1, 0.15) is 11.6 Å². The minimum atomic E-state index is -0.429. The molecule has 0 fully saturated rings. The van der Waals surface area contributed by atoms with E-state index < -0.39 is 6.23 Å². The Morgan fingerprint density at radius 3 is 2.64 bits per heavy atom. The van der Waals surface area contributed by atoms with Crippen LogP contribution < -0.4 is 4.74 Å². The molecule has 3 nitrogen and oxygen atoms in total. The Balaban J connectivity index is 1.59. The molecule has 3 aromatic carbocycles. The van der Waals surface area contributed by atoms with Gasteiger partial charge in [0.05, 0.1) is 16.2 Å². The summed E-state index contributed by atoms with van der Waals surface area (Å²) in [6.45, 7) is 0. The monoisotopic (exact) mass is 456 g/mol. The Morgan fingerprint density at radius 2 is 1.86 bits per heavy atom. The Labute approximate surface area is 175 Å². The number of benzene rings is 3. The van der Waals surface area contributed by atoms with Crippen molar-refractivity contribution in [2.75, 3.05) is 0 Å². The van der Waals surface area contributed by atoms with Crippen molar-refractivity contribution >= 4 is 33.2 Å². The lowest BCUT2D eigenvalue weighted by molar-refractivity contribution is -0.0191. The van der Waals surface area contributed by atoms with Crippen molar-refractivity contribution in [3.63, 3.8) is 0 Å². The first kappa shape index (κ1) is 17.7. The molecule has 0 aromatic heterocycles. The molecule has 0 radical (unpaired) electrons. The molecule has 0 spiro atoms. The molecule has 2 aliphatic heterocycles. The molecule has 0 N–H and O–H groups in total. The van der Waals surface area contributed by atoms with Crippen LogP contribution in [0.3, 0.4) is 0 Å². The van der Waals surface area contributed by atoms with Crippen LogP contribution in [0.4, 0.5) is 4.39 Å². The number of para-hydroxylation sites is 1. The highest BCUT2D eigenvalue weighted by Gasteiger charge is 2.40. The zero-order valence-corrected chi connectivity index (χ0v) is 17.0. The molecule has 28 heavy (non-hydrogen) atoms.